The van der Waals surface area contributed by atoms with Gasteiger partial charge in [-0.15, -0.1) is 16.9 Å². The van der Waals surface area contributed by atoms with E-state index in [-0.39, 0.29) is 10.8 Å². The number of amides is 1. The number of carbonyl (C=O) groups excluding carboxylic acids is 1. The highest BCUT2D eigenvalue weighted by Crippen LogP contribution is 2.27. The number of hydrogen-bond donors (Lipinski definition) is 1. The second-order valence-electron chi connectivity index (χ2n) is 8.16. The average Bonchev–Trinajstić information content (AvgIpc) is 3.25. The summed E-state index contributed by atoms with van der Waals surface area (Å²) >= 11 is 1.66. The molecule has 2 aromatic carbocycles. The van der Waals surface area contributed by atoms with Crippen LogP contribution in [-0.4, -0.2) is 52.5 Å². The van der Waals surface area contributed by atoms with Crippen LogP contribution in [0.25, 0.3) is 11.0 Å². The predicted octanol–water partition coefficient (Wildman–Crippen LogP) is 3.42. The van der Waals surface area contributed by atoms with Gasteiger partial charge in [-0.25, -0.2) is 13.1 Å². The molecule has 33 heavy (non-hydrogen) atoms. The Bertz CT molecular complexity index is 1220. The highest BCUT2D eigenvalue weighted by molar-refractivity contribution is 7.98. The monoisotopic (exact) mass is 487 g/mol. The van der Waals surface area contributed by atoms with Crippen molar-refractivity contribution < 1.29 is 13.2 Å². The molecule has 0 radical (unpaired) electrons. The van der Waals surface area contributed by atoms with Gasteiger partial charge in [0.1, 0.15) is 11.6 Å². The Morgan fingerprint density at radius 3 is 2.70 bits per heavy atom. The zero-order chi connectivity index (χ0) is 23.4. The van der Waals surface area contributed by atoms with E-state index in [0.717, 1.165) is 41.8 Å². The molecule has 1 aromatic heterocycles. The number of benzene rings is 2. The molecule has 0 saturated carbocycles. The van der Waals surface area contributed by atoms with Crippen LogP contribution in [0.4, 0.5) is 0 Å². The lowest BCUT2D eigenvalue weighted by Crippen LogP contribution is -2.51. The van der Waals surface area contributed by atoms with Crippen molar-refractivity contribution in [3.8, 4) is 0 Å². The maximum Gasteiger partial charge on any atom is 0.243 e. The molecule has 1 amide bonds. The van der Waals surface area contributed by atoms with Gasteiger partial charge in [0.15, 0.2) is 0 Å². The number of aryl methyl sites for hydroxylation is 1. The molecule has 0 spiro atoms. The molecule has 176 valence electrons. The summed E-state index contributed by atoms with van der Waals surface area (Å²) in [7, 11) is -3.85. The summed E-state index contributed by atoms with van der Waals surface area (Å²) in [5.74, 6) is -0.262. The summed E-state index contributed by atoms with van der Waals surface area (Å²) < 4.78 is 30.1. The Labute approximate surface area is 198 Å². The first-order chi connectivity index (χ1) is 15.9. The summed E-state index contributed by atoms with van der Waals surface area (Å²) in [5.41, 5.74) is 2.32. The Morgan fingerprint density at radius 1 is 1.18 bits per heavy atom. The molecule has 10 heteroatoms. The summed E-state index contributed by atoms with van der Waals surface area (Å²) in [5, 5.41) is 11.2. The quantitative estimate of drug-likeness (QED) is 0.489. The maximum atomic E-state index is 13.5. The molecule has 1 unspecified atom stereocenters. The van der Waals surface area contributed by atoms with Crippen LogP contribution in [0.2, 0.25) is 0 Å². The first-order valence-corrected chi connectivity index (χ1v) is 13.9. The lowest BCUT2D eigenvalue weighted by Gasteiger charge is -2.33. The molecular weight excluding hydrogens is 458 g/mol. The number of nitrogens with zero attached hydrogens (tertiary/aromatic N) is 4. The van der Waals surface area contributed by atoms with Crippen molar-refractivity contribution in [3.63, 3.8) is 0 Å². The van der Waals surface area contributed by atoms with Gasteiger partial charge in [-0.3, -0.25) is 4.79 Å². The molecule has 1 aliphatic rings. The van der Waals surface area contributed by atoms with E-state index >= 15 is 0 Å². The number of rotatable bonds is 8. The molecule has 0 bridgehead atoms. The summed E-state index contributed by atoms with van der Waals surface area (Å²) in [6.45, 7) is 3.46. The first-order valence-electron chi connectivity index (χ1n) is 11.2. The summed E-state index contributed by atoms with van der Waals surface area (Å²) in [6, 6.07) is 12.1. The molecule has 4 rings (SSSR count). The normalized spacial score (nSPS) is 17.3. The zero-order valence-corrected chi connectivity index (χ0v) is 20.5. The molecule has 3 aromatic rings. The minimum absolute atomic E-state index is 0.144. The summed E-state index contributed by atoms with van der Waals surface area (Å²) in [6.07, 6.45) is 4.97. The van der Waals surface area contributed by atoms with E-state index in [1.54, 1.807) is 34.6 Å². The van der Waals surface area contributed by atoms with Gasteiger partial charge in [0.2, 0.25) is 15.9 Å². The van der Waals surface area contributed by atoms with Crippen LogP contribution in [0.5, 0.6) is 0 Å². The van der Waals surface area contributed by atoms with E-state index in [4.69, 9.17) is 0 Å². The Morgan fingerprint density at radius 2 is 1.97 bits per heavy atom. The first kappa shape index (κ1) is 23.7. The van der Waals surface area contributed by atoms with Crippen LogP contribution in [-0.2, 0) is 27.9 Å². The van der Waals surface area contributed by atoms with Crippen molar-refractivity contribution in [3.05, 3.63) is 48.0 Å². The SMILES string of the molecule is CCCn1nnc2cc(S(=O)(=O)N3CCCCC3C(=O)NCc3ccc(SC)cc3)ccc21. The zero-order valence-electron chi connectivity index (χ0n) is 18.9. The highest BCUT2D eigenvalue weighted by atomic mass is 32.2. The van der Waals surface area contributed by atoms with E-state index in [2.05, 4.69) is 15.6 Å². The fraction of sp³-hybridized carbons (Fsp3) is 0.435. The molecular formula is C23H29N5O3S2. The molecule has 1 aliphatic heterocycles. The van der Waals surface area contributed by atoms with Gasteiger partial charge in [-0.2, -0.15) is 4.31 Å². The fourth-order valence-corrected chi connectivity index (χ4v) is 6.22. The number of sulfonamides is 1. The second kappa shape index (κ2) is 10.2. The molecule has 1 N–H and O–H groups in total. The molecule has 1 atom stereocenters. The van der Waals surface area contributed by atoms with Crippen LogP contribution < -0.4 is 5.32 Å². The lowest BCUT2D eigenvalue weighted by atomic mass is 10.0. The third-order valence-corrected chi connectivity index (χ3v) is 8.56. The third kappa shape index (κ3) is 5.07. The molecule has 1 fully saturated rings. The van der Waals surface area contributed by atoms with Crippen LogP contribution in [0.1, 0.15) is 38.2 Å². The average molecular weight is 488 g/mol. The largest absolute Gasteiger partial charge is 0.351 e. The van der Waals surface area contributed by atoms with E-state index in [1.807, 2.05) is 37.4 Å². The van der Waals surface area contributed by atoms with Gasteiger partial charge in [0.05, 0.1) is 10.4 Å². The van der Waals surface area contributed by atoms with E-state index < -0.39 is 16.1 Å². The fourth-order valence-electron chi connectivity index (χ4n) is 4.13. The number of hydrogen-bond acceptors (Lipinski definition) is 6. The second-order valence-corrected chi connectivity index (χ2v) is 10.9. The third-order valence-electron chi connectivity index (χ3n) is 5.91. The van der Waals surface area contributed by atoms with E-state index in [9.17, 15) is 13.2 Å². The van der Waals surface area contributed by atoms with Gasteiger partial charge < -0.3 is 5.32 Å². The van der Waals surface area contributed by atoms with Gasteiger partial charge in [0.25, 0.3) is 0 Å². The molecule has 2 heterocycles. The maximum absolute atomic E-state index is 13.5. The Hall–Kier alpha value is -2.43. The minimum atomic E-state index is -3.85. The van der Waals surface area contributed by atoms with Gasteiger partial charge in [-0.05, 0) is 61.4 Å². The number of fused-ring (bicyclic) bond motifs is 1. The van der Waals surface area contributed by atoms with Crippen molar-refractivity contribution in [1.29, 1.82) is 0 Å². The van der Waals surface area contributed by atoms with Crippen LogP contribution in [0.3, 0.4) is 0 Å². The van der Waals surface area contributed by atoms with Gasteiger partial charge in [0, 0.05) is 24.5 Å². The van der Waals surface area contributed by atoms with E-state index in [1.165, 1.54) is 4.31 Å². The number of piperidine rings is 1. The van der Waals surface area contributed by atoms with Crippen LogP contribution in [0, 0.1) is 0 Å². The lowest BCUT2D eigenvalue weighted by molar-refractivity contribution is -0.125. The topological polar surface area (TPSA) is 97.2 Å². The number of aromatic nitrogens is 3. The van der Waals surface area contributed by atoms with Gasteiger partial charge >= 0.3 is 0 Å². The number of nitrogens with one attached hydrogen (secondary N) is 1. The summed E-state index contributed by atoms with van der Waals surface area (Å²) in [4.78, 5) is 14.3. The predicted molar refractivity (Wildman–Crippen MR) is 129 cm³/mol. The van der Waals surface area contributed by atoms with Crippen molar-refractivity contribution >= 4 is 38.7 Å². The Kier molecular flexibility index (Phi) is 7.35. The van der Waals surface area contributed by atoms with Crippen molar-refractivity contribution in [2.45, 2.75) is 61.5 Å². The molecule has 8 nitrogen and oxygen atoms in total. The van der Waals surface area contributed by atoms with Crippen molar-refractivity contribution in [2.75, 3.05) is 12.8 Å². The molecule has 1 saturated heterocycles. The van der Waals surface area contributed by atoms with E-state index in [0.29, 0.717) is 25.0 Å². The smallest absolute Gasteiger partial charge is 0.243 e. The van der Waals surface area contributed by atoms with Crippen molar-refractivity contribution in [2.24, 2.45) is 0 Å². The standard InChI is InChI=1S/C23H29N5O3S2/c1-3-13-27-21-12-11-19(15-20(21)25-26-27)33(30,31)28-14-5-4-6-22(28)23(29)24-16-17-7-9-18(32-2)10-8-17/h7-12,15,22H,3-6,13-14,16H2,1-2H3,(H,24,29). The molecule has 0 aliphatic carbocycles. The Balaban J connectivity index is 1.52. The van der Waals surface area contributed by atoms with Crippen molar-refractivity contribution in [1.82, 2.24) is 24.6 Å². The van der Waals surface area contributed by atoms with Crippen LogP contribution in [0.15, 0.2) is 52.3 Å². The minimum Gasteiger partial charge on any atom is -0.351 e. The number of thioether (sulfide) groups is 1. The van der Waals surface area contributed by atoms with Gasteiger partial charge in [-0.1, -0.05) is 30.7 Å². The van der Waals surface area contributed by atoms with Crippen LogP contribution >= 0.6 is 11.8 Å². The number of carbonyl (C=O) groups is 1. The highest BCUT2D eigenvalue weighted by Gasteiger charge is 2.37.